The molecule has 1 fully saturated rings. The molecule has 4 atom stereocenters. The van der Waals surface area contributed by atoms with Gasteiger partial charge in [-0.3, -0.25) is 4.79 Å². The van der Waals surface area contributed by atoms with Crippen LogP contribution in [-0.4, -0.2) is 46.1 Å². The van der Waals surface area contributed by atoms with E-state index in [9.17, 15) is 15.0 Å². The fourth-order valence-corrected chi connectivity index (χ4v) is 2.04. The van der Waals surface area contributed by atoms with Crippen LogP contribution in [0, 0.1) is 0 Å². The summed E-state index contributed by atoms with van der Waals surface area (Å²) in [4.78, 5) is 11.1. The highest BCUT2D eigenvalue weighted by Gasteiger charge is 2.42. The minimum Gasteiger partial charge on any atom is -0.394 e. The van der Waals surface area contributed by atoms with Gasteiger partial charge in [-0.1, -0.05) is 12.1 Å². The highest BCUT2D eigenvalue weighted by Crippen LogP contribution is 2.33. The predicted octanol–water partition coefficient (Wildman–Crippen LogP) is -1.06. The number of primary amides is 1. The fourth-order valence-electron chi connectivity index (χ4n) is 2.04. The van der Waals surface area contributed by atoms with Gasteiger partial charge in [0.05, 0.1) is 6.61 Å². The lowest BCUT2D eigenvalue weighted by molar-refractivity contribution is -0.0227. The standard InChI is InChI=1S/C12H15NO5/c13-12(17)7-3-1-2-6(4-7)11-10(16)9(15)8(5-14)18-11/h1-4,8-11,14-16H,5H2,(H2,13,17)/t8-,9+,10+,11-/m0/s1. The molecule has 1 aliphatic rings. The van der Waals surface area contributed by atoms with Gasteiger partial charge < -0.3 is 25.8 Å². The Morgan fingerprint density at radius 3 is 2.61 bits per heavy atom. The van der Waals surface area contributed by atoms with Crippen LogP contribution in [0.3, 0.4) is 0 Å². The first-order valence-electron chi connectivity index (χ1n) is 5.57. The number of hydrogen-bond acceptors (Lipinski definition) is 5. The molecule has 0 spiro atoms. The lowest BCUT2D eigenvalue weighted by Gasteiger charge is -2.15. The number of ether oxygens (including phenoxy) is 1. The van der Waals surface area contributed by atoms with Gasteiger partial charge in [0.25, 0.3) is 0 Å². The monoisotopic (exact) mass is 253 g/mol. The van der Waals surface area contributed by atoms with Crippen LogP contribution >= 0.6 is 0 Å². The second-order valence-electron chi connectivity index (χ2n) is 4.25. The van der Waals surface area contributed by atoms with E-state index < -0.39 is 30.3 Å². The van der Waals surface area contributed by atoms with Crippen LogP contribution in [0.1, 0.15) is 22.0 Å². The lowest BCUT2D eigenvalue weighted by Crippen LogP contribution is -2.32. The molecule has 0 bridgehead atoms. The Morgan fingerprint density at radius 2 is 2.06 bits per heavy atom. The molecule has 1 amide bonds. The highest BCUT2D eigenvalue weighted by molar-refractivity contribution is 5.92. The molecule has 18 heavy (non-hydrogen) atoms. The molecule has 0 aromatic heterocycles. The van der Waals surface area contributed by atoms with Crippen molar-refractivity contribution in [2.45, 2.75) is 24.4 Å². The Labute approximate surface area is 104 Å². The van der Waals surface area contributed by atoms with Gasteiger partial charge in [0, 0.05) is 5.56 Å². The number of aliphatic hydroxyl groups is 3. The molecule has 6 heteroatoms. The third-order valence-corrected chi connectivity index (χ3v) is 3.04. The molecule has 1 heterocycles. The topological polar surface area (TPSA) is 113 Å². The second kappa shape index (κ2) is 5.03. The number of amides is 1. The predicted molar refractivity (Wildman–Crippen MR) is 61.7 cm³/mol. The molecule has 0 radical (unpaired) electrons. The van der Waals surface area contributed by atoms with Gasteiger partial charge in [0.2, 0.25) is 5.91 Å². The van der Waals surface area contributed by atoms with E-state index in [-0.39, 0.29) is 6.61 Å². The van der Waals surface area contributed by atoms with Gasteiger partial charge in [-0.2, -0.15) is 0 Å². The summed E-state index contributed by atoms with van der Waals surface area (Å²) >= 11 is 0. The zero-order valence-electron chi connectivity index (χ0n) is 9.56. The van der Waals surface area contributed by atoms with Gasteiger partial charge >= 0.3 is 0 Å². The Morgan fingerprint density at radius 1 is 1.33 bits per heavy atom. The fraction of sp³-hybridized carbons (Fsp3) is 0.417. The van der Waals surface area contributed by atoms with Crippen LogP contribution in [0.15, 0.2) is 24.3 Å². The Balaban J connectivity index is 2.27. The number of carbonyl (C=O) groups excluding carboxylic acids is 1. The maximum Gasteiger partial charge on any atom is 0.248 e. The van der Waals surface area contributed by atoms with E-state index in [1.165, 1.54) is 6.07 Å². The highest BCUT2D eigenvalue weighted by atomic mass is 16.6. The molecule has 0 saturated carbocycles. The Hall–Kier alpha value is -1.47. The summed E-state index contributed by atoms with van der Waals surface area (Å²) in [5.41, 5.74) is 6.00. The molecule has 1 aliphatic heterocycles. The number of nitrogens with two attached hydrogens (primary N) is 1. The van der Waals surface area contributed by atoms with Crippen molar-refractivity contribution in [1.29, 1.82) is 0 Å². The molecule has 0 unspecified atom stereocenters. The average molecular weight is 253 g/mol. The average Bonchev–Trinajstić information content (AvgIpc) is 2.66. The molecule has 1 aromatic carbocycles. The molecule has 6 nitrogen and oxygen atoms in total. The van der Waals surface area contributed by atoms with Crippen LogP contribution in [0.5, 0.6) is 0 Å². The number of benzene rings is 1. The van der Waals surface area contributed by atoms with Crippen LogP contribution < -0.4 is 5.73 Å². The lowest BCUT2D eigenvalue weighted by atomic mass is 10.00. The van der Waals surface area contributed by atoms with Crippen molar-refractivity contribution in [2.75, 3.05) is 6.61 Å². The summed E-state index contributed by atoms with van der Waals surface area (Å²) in [6, 6.07) is 6.33. The third kappa shape index (κ3) is 2.23. The summed E-state index contributed by atoms with van der Waals surface area (Å²) in [5.74, 6) is -0.580. The quantitative estimate of drug-likeness (QED) is 0.548. The first-order valence-corrected chi connectivity index (χ1v) is 5.57. The summed E-state index contributed by atoms with van der Waals surface area (Å²) in [6.45, 7) is -0.385. The first-order chi connectivity index (χ1) is 8.54. The normalized spacial score (nSPS) is 31.5. The smallest absolute Gasteiger partial charge is 0.248 e. The number of carbonyl (C=O) groups is 1. The van der Waals surface area contributed by atoms with Crippen molar-refractivity contribution in [2.24, 2.45) is 5.73 Å². The SMILES string of the molecule is NC(=O)c1cccc([C@@H]2O[C@@H](CO)[C@@H](O)[C@H]2O)c1. The largest absolute Gasteiger partial charge is 0.394 e. The molecule has 1 aromatic rings. The number of rotatable bonds is 3. The van der Waals surface area contributed by atoms with Crippen molar-refractivity contribution >= 4 is 5.91 Å². The molecular formula is C12H15NO5. The second-order valence-corrected chi connectivity index (χ2v) is 4.25. The zero-order chi connectivity index (χ0) is 13.3. The maximum absolute atomic E-state index is 11.1. The molecular weight excluding hydrogens is 238 g/mol. The maximum atomic E-state index is 11.1. The van der Waals surface area contributed by atoms with E-state index in [0.717, 1.165) is 0 Å². The van der Waals surface area contributed by atoms with Crippen molar-refractivity contribution in [3.63, 3.8) is 0 Å². The minimum atomic E-state index is -1.16. The van der Waals surface area contributed by atoms with Crippen LogP contribution in [-0.2, 0) is 4.74 Å². The van der Waals surface area contributed by atoms with Gasteiger partial charge in [-0.05, 0) is 17.7 Å². The Kier molecular flexibility index (Phi) is 3.63. The summed E-state index contributed by atoms with van der Waals surface area (Å²) < 4.78 is 5.35. The first kappa shape index (κ1) is 13.0. The van der Waals surface area contributed by atoms with E-state index in [1.54, 1.807) is 18.2 Å². The van der Waals surface area contributed by atoms with Crippen LogP contribution in [0.4, 0.5) is 0 Å². The molecule has 0 aliphatic carbocycles. The van der Waals surface area contributed by atoms with Gasteiger partial charge in [0.1, 0.15) is 24.4 Å². The van der Waals surface area contributed by atoms with Crippen molar-refractivity contribution in [1.82, 2.24) is 0 Å². The molecule has 1 saturated heterocycles. The van der Waals surface area contributed by atoms with Crippen molar-refractivity contribution in [3.05, 3.63) is 35.4 Å². The molecule has 5 N–H and O–H groups in total. The van der Waals surface area contributed by atoms with Crippen molar-refractivity contribution < 1.29 is 24.9 Å². The minimum absolute atomic E-state index is 0.297. The summed E-state index contributed by atoms with van der Waals surface area (Å²) in [7, 11) is 0. The summed E-state index contributed by atoms with van der Waals surface area (Å²) in [6.07, 6.45) is -3.92. The van der Waals surface area contributed by atoms with Gasteiger partial charge in [-0.15, -0.1) is 0 Å². The van der Waals surface area contributed by atoms with Gasteiger partial charge in [0.15, 0.2) is 0 Å². The van der Waals surface area contributed by atoms with Crippen molar-refractivity contribution in [3.8, 4) is 0 Å². The van der Waals surface area contributed by atoms with Crippen LogP contribution in [0.25, 0.3) is 0 Å². The number of hydrogen-bond donors (Lipinski definition) is 4. The zero-order valence-corrected chi connectivity index (χ0v) is 9.56. The van der Waals surface area contributed by atoms with E-state index in [1.807, 2.05) is 0 Å². The third-order valence-electron chi connectivity index (χ3n) is 3.04. The molecule has 98 valence electrons. The van der Waals surface area contributed by atoms with E-state index in [2.05, 4.69) is 0 Å². The van der Waals surface area contributed by atoms with Crippen LogP contribution in [0.2, 0.25) is 0 Å². The molecule has 2 rings (SSSR count). The Bertz CT molecular complexity index is 450. The van der Waals surface area contributed by atoms with E-state index in [0.29, 0.717) is 11.1 Å². The van der Waals surface area contributed by atoms with E-state index in [4.69, 9.17) is 15.6 Å². The number of aliphatic hydroxyl groups excluding tert-OH is 3. The van der Waals surface area contributed by atoms with Gasteiger partial charge in [-0.25, -0.2) is 0 Å². The van der Waals surface area contributed by atoms with E-state index >= 15 is 0 Å². The summed E-state index contributed by atoms with van der Waals surface area (Å²) in [5, 5.41) is 28.5.